The van der Waals surface area contributed by atoms with E-state index in [1.165, 1.54) is 6.20 Å². The summed E-state index contributed by atoms with van der Waals surface area (Å²) in [6.45, 7) is -0.793. The fourth-order valence-electron chi connectivity index (χ4n) is 3.65. The first-order valence-electron chi connectivity index (χ1n) is 11.0. The summed E-state index contributed by atoms with van der Waals surface area (Å²) in [6.07, 6.45) is -1.49. The third-order valence-corrected chi connectivity index (χ3v) is 5.49. The summed E-state index contributed by atoms with van der Waals surface area (Å²) in [5, 5.41) is 4.90. The molecule has 1 saturated heterocycles. The molecule has 1 fully saturated rings. The lowest BCUT2D eigenvalue weighted by Gasteiger charge is -2.23. The predicted molar refractivity (Wildman–Crippen MR) is 117 cm³/mol. The molecule has 14 heteroatoms. The number of carbonyl (C=O) groups is 4. The van der Waals surface area contributed by atoms with Crippen LogP contribution in [0.2, 0.25) is 0 Å². The summed E-state index contributed by atoms with van der Waals surface area (Å²) in [6, 6.07) is 3.29. The maximum Gasteiger partial charge on any atom is 0.405 e. The van der Waals surface area contributed by atoms with Crippen molar-refractivity contribution in [3.63, 3.8) is 0 Å². The molecule has 0 spiro atoms. The number of hydrogen-bond donors (Lipinski definition) is 3. The molecule has 1 aromatic carbocycles. The number of pyridine rings is 1. The number of nitrogens with two attached hydrogens (primary N) is 1. The third kappa shape index (κ3) is 7.15. The molecule has 3 atom stereocenters. The van der Waals surface area contributed by atoms with Crippen molar-refractivity contribution < 1.29 is 46.2 Å². The number of halogens is 4. The summed E-state index contributed by atoms with van der Waals surface area (Å²) in [7, 11) is 0. The summed E-state index contributed by atoms with van der Waals surface area (Å²) in [4.78, 5) is 53.2. The second-order valence-corrected chi connectivity index (χ2v) is 8.08. The molecule has 0 saturated carbocycles. The van der Waals surface area contributed by atoms with Crippen molar-refractivity contribution in [1.82, 2.24) is 15.6 Å². The van der Waals surface area contributed by atoms with Gasteiger partial charge in [0.05, 0.1) is 6.04 Å². The van der Waals surface area contributed by atoms with Crippen LogP contribution in [0, 0.1) is 29.2 Å². The molecule has 1 aromatic heterocycles. The number of nitrogens with zero attached hydrogens (tertiary/aromatic N) is 1. The standard InChI is InChI=1S/C23H22F4N4O6/c24-13-9-14(25)19(27)20(18(13)26)36-10-16(32)15(7-11-4-6-30-21(11)33)31-22(34)17(37-23(28)35)8-12-3-1-2-5-29-12/h1-3,5,9,11,15,17H,4,6-8,10H2,(H2,28,35)(H,30,33)(H,31,34)/t11-,15-,17-/m0/s1. The van der Waals surface area contributed by atoms with Crippen LogP contribution in [0.3, 0.4) is 0 Å². The molecule has 37 heavy (non-hydrogen) atoms. The Bertz CT molecular complexity index is 1160. The number of benzene rings is 1. The highest BCUT2D eigenvalue weighted by atomic mass is 19.2. The van der Waals surface area contributed by atoms with Gasteiger partial charge < -0.3 is 25.8 Å². The van der Waals surface area contributed by atoms with Crippen molar-refractivity contribution in [2.24, 2.45) is 11.7 Å². The van der Waals surface area contributed by atoms with Gasteiger partial charge in [0.15, 0.2) is 29.3 Å². The molecular formula is C23H22F4N4O6. The summed E-state index contributed by atoms with van der Waals surface area (Å²) in [5.41, 5.74) is 5.41. The van der Waals surface area contributed by atoms with E-state index in [1.54, 1.807) is 18.2 Å². The van der Waals surface area contributed by atoms with Crippen LogP contribution < -0.4 is 21.1 Å². The highest BCUT2D eigenvalue weighted by Gasteiger charge is 2.34. The van der Waals surface area contributed by atoms with Crippen LogP contribution in [0.4, 0.5) is 22.4 Å². The van der Waals surface area contributed by atoms with Gasteiger partial charge >= 0.3 is 6.09 Å². The van der Waals surface area contributed by atoms with E-state index in [4.69, 9.17) is 15.2 Å². The normalized spacial score (nSPS) is 16.4. The largest absolute Gasteiger partial charge is 0.479 e. The first-order valence-corrected chi connectivity index (χ1v) is 11.0. The molecule has 4 N–H and O–H groups in total. The molecular weight excluding hydrogens is 504 g/mol. The molecule has 2 aromatic rings. The Morgan fingerprint density at radius 1 is 1.16 bits per heavy atom. The van der Waals surface area contributed by atoms with E-state index in [0.717, 1.165) is 0 Å². The molecule has 0 aliphatic carbocycles. The predicted octanol–water partition coefficient (Wildman–Crippen LogP) is 1.30. The molecule has 3 rings (SSSR count). The van der Waals surface area contributed by atoms with Crippen LogP contribution in [-0.4, -0.2) is 54.0 Å². The van der Waals surface area contributed by atoms with Gasteiger partial charge in [-0.25, -0.2) is 13.6 Å². The SMILES string of the molecule is NC(=O)O[C@@H](Cc1ccccn1)C(=O)N[C@@H](C[C@@H]1CCNC1=O)C(=O)COc1c(F)c(F)cc(F)c1F. The second-order valence-electron chi connectivity index (χ2n) is 8.08. The number of ether oxygens (including phenoxy) is 2. The zero-order valence-electron chi connectivity index (χ0n) is 19.1. The number of nitrogens with one attached hydrogen (secondary N) is 2. The number of Topliss-reactive ketones (excluding diaryl/α,β-unsaturated/α-hetero) is 1. The van der Waals surface area contributed by atoms with Gasteiger partial charge in [0.2, 0.25) is 17.5 Å². The van der Waals surface area contributed by atoms with E-state index in [-0.39, 0.29) is 18.9 Å². The van der Waals surface area contributed by atoms with Gasteiger partial charge in [0, 0.05) is 36.8 Å². The zero-order valence-corrected chi connectivity index (χ0v) is 19.1. The molecule has 1 aliphatic rings. The summed E-state index contributed by atoms with van der Waals surface area (Å²) >= 11 is 0. The van der Waals surface area contributed by atoms with Crippen LogP contribution in [0.25, 0.3) is 0 Å². The maximum absolute atomic E-state index is 13.9. The lowest BCUT2D eigenvalue weighted by molar-refractivity contribution is -0.135. The summed E-state index contributed by atoms with van der Waals surface area (Å²) < 4.78 is 64.3. The van der Waals surface area contributed by atoms with Gasteiger partial charge in [-0.3, -0.25) is 19.4 Å². The van der Waals surface area contributed by atoms with Gasteiger partial charge in [-0.1, -0.05) is 6.07 Å². The van der Waals surface area contributed by atoms with Crippen LogP contribution in [0.15, 0.2) is 30.5 Å². The van der Waals surface area contributed by atoms with E-state index < -0.39 is 77.4 Å². The molecule has 3 amide bonds. The monoisotopic (exact) mass is 526 g/mol. The highest BCUT2D eigenvalue weighted by molar-refractivity contribution is 5.92. The van der Waals surface area contributed by atoms with Crippen molar-refractivity contribution in [2.45, 2.75) is 31.4 Å². The quantitative estimate of drug-likeness (QED) is 0.295. The molecule has 1 aliphatic heterocycles. The Morgan fingerprint density at radius 3 is 2.43 bits per heavy atom. The minimum absolute atomic E-state index is 0.0262. The van der Waals surface area contributed by atoms with Crippen molar-refractivity contribution in [1.29, 1.82) is 0 Å². The van der Waals surface area contributed by atoms with E-state index in [2.05, 4.69) is 15.6 Å². The average Bonchev–Trinajstić information content (AvgIpc) is 3.26. The van der Waals surface area contributed by atoms with Crippen molar-refractivity contribution in [2.75, 3.05) is 13.2 Å². The average molecular weight is 526 g/mol. The third-order valence-electron chi connectivity index (χ3n) is 5.49. The number of hydrogen-bond acceptors (Lipinski definition) is 7. The minimum atomic E-state index is -1.85. The van der Waals surface area contributed by atoms with Gasteiger partial charge in [-0.2, -0.15) is 8.78 Å². The fraction of sp³-hybridized carbons (Fsp3) is 0.348. The first-order chi connectivity index (χ1) is 17.6. The Hall–Kier alpha value is -4.23. The highest BCUT2D eigenvalue weighted by Crippen LogP contribution is 2.26. The van der Waals surface area contributed by atoms with Gasteiger partial charge in [0.25, 0.3) is 5.91 Å². The Labute approximate surface area is 207 Å². The minimum Gasteiger partial charge on any atom is -0.479 e. The van der Waals surface area contributed by atoms with E-state index in [9.17, 15) is 36.7 Å². The number of amides is 3. The molecule has 198 valence electrons. The second kappa shape index (κ2) is 12.1. The van der Waals surface area contributed by atoms with Gasteiger partial charge in [-0.15, -0.1) is 0 Å². The number of carbonyl (C=O) groups excluding carboxylic acids is 4. The van der Waals surface area contributed by atoms with Crippen LogP contribution in [0.5, 0.6) is 5.75 Å². The van der Waals surface area contributed by atoms with Crippen LogP contribution in [-0.2, 0) is 25.5 Å². The number of primary amides is 1. The Balaban J connectivity index is 1.78. The van der Waals surface area contributed by atoms with E-state index >= 15 is 0 Å². The number of ketones is 1. The van der Waals surface area contributed by atoms with E-state index in [1.807, 2.05) is 0 Å². The smallest absolute Gasteiger partial charge is 0.405 e. The lowest BCUT2D eigenvalue weighted by atomic mass is 9.95. The van der Waals surface area contributed by atoms with Crippen molar-refractivity contribution >= 4 is 23.7 Å². The fourth-order valence-corrected chi connectivity index (χ4v) is 3.65. The van der Waals surface area contributed by atoms with E-state index in [0.29, 0.717) is 18.7 Å². The molecule has 0 bridgehead atoms. The van der Waals surface area contributed by atoms with Crippen molar-refractivity contribution in [3.05, 3.63) is 59.4 Å². The first kappa shape index (κ1) is 27.4. The molecule has 10 nitrogen and oxygen atoms in total. The topological polar surface area (TPSA) is 150 Å². The lowest BCUT2D eigenvalue weighted by Crippen LogP contribution is -2.50. The Morgan fingerprint density at radius 2 is 1.86 bits per heavy atom. The zero-order chi connectivity index (χ0) is 27.1. The van der Waals surface area contributed by atoms with Crippen LogP contribution in [0.1, 0.15) is 18.5 Å². The van der Waals surface area contributed by atoms with Gasteiger partial charge in [-0.05, 0) is 25.0 Å². The van der Waals surface area contributed by atoms with Crippen molar-refractivity contribution in [3.8, 4) is 5.75 Å². The number of aromatic nitrogens is 1. The summed E-state index contributed by atoms with van der Waals surface area (Å²) in [5.74, 6) is -11.7. The Kier molecular flexibility index (Phi) is 8.98. The maximum atomic E-state index is 13.9. The molecule has 0 unspecified atom stereocenters. The molecule has 2 heterocycles. The molecule has 0 radical (unpaired) electrons. The number of rotatable bonds is 11. The van der Waals surface area contributed by atoms with Gasteiger partial charge in [0.1, 0.15) is 6.61 Å². The van der Waals surface area contributed by atoms with Crippen LogP contribution >= 0.6 is 0 Å².